The van der Waals surface area contributed by atoms with E-state index in [0.29, 0.717) is 50.0 Å². The lowest BCUT2D eigenvalue weighted by Gasteiger charge is -2.28. The van der Waals surface area contributed by atoms with Crippen LogP contribution < -0.4 is 15.2 Å². The maximum absolute atomic E-state index is 9.62. The van der Waals surface area contributed by atoms with E-state index in [0.717, 1.165) is 0 Å². The molecular formula is C17H18N4O3. The van der Waals surface area contributed by atoms with E-state index in [-0.39, 0.29) is 11.6 Å². The van der Waals surface area contributed by atoms with Gasteiger partial charge in [-0.3, -0.25) is 0 Å². The monoisotopic (exact) mass is 326 g/mol. The highest BCUT2D eigenvalue weighted by Gasteiger charge is 2.21. The number of nitriles is 1. The van der Waals surface area contributed by atoms with E-state index in [1.54, 1.807) is 0 Å². The smallest absolute Gasteiger partial charge is 0.397 e. The van der Waals surface area contributed by atoms with Gasteiger partial charge in [-0.25, -0.2) is 4.99 Å². The van der Waals surface area contributed by atoms with Crippen LogP contribution in [0.5, 0.6) is 6.08 Å². The van der Waals surface area contributed by atoms with Gasteiger partial charge >= 0.3 is 6.08 Å². The number of para-hydroxylation sites is 1. The maximum atomic E-state index is 9.62. The van der Waals surface area contributed by atoms with Gasteiger partial charge in [0.2, 0.25) is 5.55 Å². The molecule has 7 nitrogen and oxygen atoms in total. The van der Waals surface area contributed by atoms with Gasteiger partial charge in [-0.05, 0) is 19.1 Å². The summed E-state index contributed by atoms with van der Waals surface area (Å²) in [7, 11) is 0. The molecule has 0 radical (unpaired) electrons. The Morgan fingerprint density at radius 3 is 2.71 bits per heavy atom. The van der Waals surface area contributed by atoms with Gasteiger partial charge in [-0.2, -0.15) is 10.2 Å². The van der Waals surface area contributed by atoms with Crippen molar-refractivity contribution in [1.29, 1.82) is 5.26 Å². The van der Waals surface area contributed by atoms with Gasteiger partial charge in [0.15, 0.2) is 11.4 Å². The van der Waals surface area contributed by atoms with Crippen molar-refractivity contribution in [3.05, 3.63) is 41.4 Å². The molecule has 1 aromatic heterocycles. The van der Waals surface area contributed by atoms with Crippen LogP contribution in [0.4, 0.5) is 11.5 Å². The Morgan fingerprint density at radius 1 is 1.29 bits per heavy atom. The number of rotatable bonds is 4. The first-order valence-corrected chi connectivity index (χ1v) is 7.82. The van der Waals surface area contributed by atoms with Gasteiger partial charge in [0.25, 0.3) is 0 Å². The molecule has 1 saturated heterocycles. The molecule has 0 N–H and O–H groups in total. The quantitative estimate of drug-likeness (QED) is 0.854. The third-order valence-electron chi connectivity index (χ3n) is 3.50. The number of nitrogens with zero attached hydrogens (tertiary/aromatic N) is 4. The molecule has 1 aliphatic heterocycles. The lowest BCUT2D eigenvalue weighted by molar-refractivity contribution is 0.122. The van der Waals surface area contributed by atoms with Crippen molar-refractivity contribution >= 4 is 11.5 Å². The number of morpholine rings is 1. The van der Waals surface area contributed by atoms with Crippen LogP contribution in [-0.4, -0.2) is 37.9 Å². The Hall–Kier alpha value is -2.85. The minimum Gasteiger partial charge on any atom is -0.450 e. The highest BCUT2D eigenvalue weighted by molar-refractivity contribution is 5.53. The van der Waals surface area contributed by atoms with E-state index < -0.39 is 0 Å². The van der Waals surface area contributed by atoms with Crippen LogP contribution in [0, 0.1) is 11.3 Å². The lowest BCUT2D eigenvalue weighted by Crippen LogP contribution is -2.38. The summed E-state index contributed by atoms with van der Waals surface area (Å²) in [6, 6.07) is 11.5. The Kier molecular flexibility index (Phi) is 5.08. The summed E-state index contributed by atoms with van der Waals surface area (Å²) in [5.41, 5.74) is 1.19. The van der Waals surface area contributed by atoms with Crippen molar-refractivity contribution in [2.24, 2.45) is 4.99 Å². The van der Waals surface area contributed by atoms with Crippen molar-refractivity contribution in [2.45, 2.75) is 6.92 Å². The van der Waals surface area contributed by atoms with Gasteiger partial charge in [0, 0.05) is 13.1 Å². The van der Waals surface area contributed by atoms with E-state index in [9.17, 15) is 5.26 Å². The molecule has 2 heterocycles. The summed E-state index contributed by atoms with van der Waals surface area (Å²) in [6.45, 7) is 4.75. The zero-order valence-electron chi connectivity index (χ0n) is 13.4. The van der Waals surface area contributed by atoms with Crippen molar-refractivity contribution in [3.63, 3.8) is 0 Å². The molecule has 0 spiro atoms. The second-order valence-corrected chi connectivity index (χ2v) is 5.08. The van der Waals surface area contributed by atoms with E-state index >= 15 is 0 Å². The highest BCUT2D eigenvalue weighted by atomic mass is 16.6. The van der Waals surface area contributed by atoms with Crippen LogP contribution in [-0.2, 0) is 4.74 Å². The molecule has 1 fully saturated rings. The third kappa shape index (κ3) is 3.55. The van der Waals surface area contributed by atoms with Crippen LogP contribution in [0.15, 0.2) is 39.7 Å². The predicted molar refractivity (Wildman–Crippen MR) is 87.1 cm³/mol. The fourth-order valence-corrected chi connectivity index (χ4v) is 2.38. The van der Waals surface area contributed by atoms with Crippen molar-refractivity contribution in [1.82, 2.24) is 4.98 Å². The Labute approximate surface area is 139 Å². The summed E-state index contributed by atoms with van der Waals surface area (Å²) in [5.74, 6) is 0.519. The molecule has 0 saturated carbocycles. The Morgan fingerprint density at radius 2 is 2.04 bits per heavy atom. The van der Waals surface area contributed by atoms with Crippen molar-refractivity contribution in [3.8, 4) is 12.1 Å². The normalized spacial score (nSPS) is 15.2. The first-order chi connectivity index (χ1) is 11.8. The van der Waals surface area contributed by atoms with E-state index in [2.05, 4.69) is 16.0 Å². The summed E-state index contributed by atoms with van der Waals surface area (Å²) in [5, 5.41) is 9.62. The van der Waals surface area contributed by atoms with Crippen LogP contribution >= 0.6 is 0 Å². The molecule has 0 bridgehead atoms. The fraction of sp³-hybridized carbons (Fsp3) is 0.353. The van der Waals surface area contributed by atoms with Gasteiger partial charge in [0.1, 0.15) is 6.07 Å². The zero-order valence-corrected chi connectivity index (χ0v) is 13.4. The topological polar surface area (TPSA) is 83.9 Å². The molecular weight excluding hydrogens is 308 g/mol. The van der Waals surface area contributed by atoms with Crippen LogP contribution in [0.1, 0.15) is 12.5 Å². The molecule has 1 aliphatic rings. The second kappa shape index (κ2) is 7.62. The first-order valence-electron chi connectivity index (χ1n) is 7.82. The number of benzene rings is 1. The average molecular weight is 326 g/mol. The molecule has 0 amide bonds. The molecule has 3 rings (SSSR count). The zero-order chi connectivity index (χ0) is 16.8. The number of anilines is 1. The molecule has 2 aromatic rings. The minimum absolute atomic E-state index is 0.104. The summed E-state index contributed by atoms with van der Waals surface area (Å²) in [4.78, 5) is 10.8. The standard InChI is InChI=1S/C17H18N4O3/c1-2-23-17-20-15(21-8-10-22-11-9-21)14(12-18)16(24-17)19-13-6-4-3-5-7-13/h3-7H,2,8-11H2,1H3. The number of hydrogen-bond donors (Lipinski definition) is 0. The third-order valence-corrected chi connectivity index (χ3v) is 3.50. The molecule has 7 heteroatoms. The average Bonchev–Trinajstić information content (AvgIpc) is 2.63. The summed E-state index contributed by atoms with van der Waals surface area (Å²) >= 11 is 0. The maximum Gasteiger partial charge on any atom is 0.397 e. The van der Waals surface area contributed by atoms with Gasteiger partial charge in [-0.15, -0.1) is 0 Å². The molecule has 0 unspecified atom stereocenters. The van der Waals surface area contributed by atoms with E-state index in [1.165, 1.54) is 0 Å². The fourth-order valence-electron chi connectivity index (χ4n) is 2.38. The summed E-state index contributed by atoms with van der Waals surface area (Å²) in [6.07, 6.45) is 0.104. The number of hydrogen-bond acceptors (Lipinski definition) is 7. The highest BCUT2D eigenvalue weighted by Crippen LogP contribution is 2.20. The first kappa shape index (κ1) is 16.0. The molecule has 0 atom stereocenters. The molecule has 124 valence electrons. The lowest BCUT2D eigenvalue weighted by atomic mass is 10.3. The SMILES string of the molecule is CCOc1nc(N2CCOCC2)c(C#N)c(=Nc2ccccc2)o1. The molecule has 24 heavy (non-hydrogen) atoms. The van der Waals surface area contributed by atoms with E-state index in [4.69, 9.17) is 13.9 Å². The van der Waals surface area contributed by atoms with Crippen LogP contribution in [0.3, 0.4) is 0 Å². The molecule has 1 aromatic carbocycles. The second-order valence-electron chi connectivity index (χ2n) is 5.08. The van der Waals surface area contributed by atoms with Crippen molar-refractivity contribution in [2.75, 3.05) is 37.8 Å². The Bertz CT molecular complexity index is 790. The Balaban J connectivity index is 2.14. The van der Waals surface area contributed by atoms with Gasteiger partial charge in [0.05, 0.1) is 25.5 Å². The summed E-state index contributed by atoms with van der Waals surface area (Å²) < 4.78 is 16.4. The van der Waals surface area contributed by atoms with Gasteiger partial charge in [-0.1, -0.05) is 18.2 Å². The number of aromatic nitrogens is 1. The molecule has 0 aliphatic carbocycles. The van der Waals surface area contributed by atoms with Crippen molar-refractivity contribution < 1.29 is 13.9 Å². The van der Waals surface area contributed by atoms with Gasteiger partial charge < -0.3 is 18.8 Å². The minimum atomic E-state index is 0.104. The number of ether oxygens (including phenoxy) is 2. The van der Waals surface area contributed by atoms with E-state index in [1.807, 2.05) is 42.2 Å². The largest absolute Gasteiger partial charge is 0.450 e. The van der Waals surface area contributed by atoms with Crippen LogP contribution in [0.25, 0.3) is 0 Å². The van der Waals surface area contributed by atoms with Crippen LogP contribution in [0.2, 0.25) is 0 Å². The predicted octanol–water partition coefficient (Wildman–Crippen LogP) is 2.01.